The number of guanidine groups is 1. The Morgan fingerprint density at radius 3 is 2.53 bits per heavy atom. The van der Waals surface area contributed by atoms with Gasteiger partial charge in [0, 0.05) is 0 Å². The van der Waals surface area contributed by atoms with Crippen LogP contribution in [0.3, 0.4) is 0 Å². The van der Waals surface area contributed by atoms with Crippen molar-refractivity contribution in [1.82, 2.24) is 5.01 Å². The maximum absolute atomic E-state index is 10.9. The highest BCUT2D eigenvalue weighted by molar-refractivity contribution is 5.85. The second-order valence-electron chi connectivity index (χ2n) is 3.02. The van der Waals surface area contributed by atoms with Crippen LogP contribution in [-0.4, -0.2) is 41.7 Å². The second kappa shape index (κ2) is 8.53. The van der Waals surface area contributed by atoms with E-state index < -0.39 is 23.0 Å². The molecular formula is C7H16ClN5O4. The molecule has 0 saturated heterocycles. The van der Waals surface area contributed by atoms with Crippen molar-refractivity contribution in [3.63, 3.8) is 0 Å². The number of nitrogens with one attached hydrogen (secondary N) is 1. The Labute approximate surface area is 104 Å². The van der Waals surface area contributed by atoms with Crippen LogP contribution in [0.1, 0.15) is 12.8 Å². The Morgan fingerprint density at radius 2 is 2.18 bits per heavy atom. The monoisotopic (exact) mass is 269 g/mol. The Bertz CT molecular complexity index is 273. The fourth-order valence-electron chi connectivity index (χ4n) is 1.02. The lowest BCUT2D eigenvalue weighted by molar-refractivity contribution is -0.629. The van der Waals surface area contributed by atoms with Crippen molar-refractivity contribution in [2.24, 2.45) is 11.5 Å². The van der Waals surface area contributed by atoms with Gasteiger partial charge >= 0.3 is 5.97 Å². The molecule has 100 valence electrons. The minimum Gasteiger partial charge on any atom is -0.468 e. The number of nitrogens with zero attached hydrogens (tertiary/aromatic N) is 2. The molecule has 0 aliphatic carbocycles. The Morgan fingerprint density at radius 1 is 1.65 bits per heavy atom. The number of ether oxygens (including phenoxy) is 1. The van der Waals surface area contributed by atoms with Crippen molar-refractivity contribution in [2.45, 2.75) is 18.9 Å². The SMILES string of the molecule is COC(=O)[C@@H](N)CCCN(C(=N)N)[N+](=O)[O-].Cl. The molecule has 0 aliphatic rings. The van der Waals surface area contributed by atoms with Crippen LogP contribution < -0.4 is 11.5 Å². The number of halogens is 1. The Hall–Kier alpha value is -1.61. The number of hydrogen-bond acceptors (Lipinski definition) is 6. The first kappa shape index (κ1) is 17.8. The number of nitro groups is 1. The van der Waals surface area contributed by atoms with Crippen LogP contribution in [0.4, 0.5) is 0 Å². The number of hydrazine groups is 1. The minimum absolute atomic E-state index is 0. The third-order valence-corrected chi connectivity index (χ3v) is 1.86. The lowest BCUT2D eigenvalue weighted by Crippen LogP contribution is -2.42. The Kier molecular flexibility index (Phi) is 8.92. The van der Waals surface area contributed by atoms with Crippen molar-refractivity contribution < 1.29 is 14.6 Å². The summed E-state index contributed by atoms with van der Waals surface area (Å²) in [5.74, 6) is -1.23. The molecule has 0 radical (unpaired) electrons. The molecule has 0 amide bonds. The molecule has 0 unspecified atom stereocenters. The van der Waals surface area contributed by atoms with E-state index in [-0.39, 0.29) is 31.8 Å². The minimum atomic E-state index is -0.814. The highest BCUT2D eigenvalue weighted by atomic mass is 35.5. The van der Waals surface area contributed by atoms with Gasteiger partial charge in [0.15, 0.2) is 5.03 Å². The number of hydrogen-bond donors (Lipinski definition) is 3. The van der Waals surface area contributed by atoms with E-state index in [2.05, 4.69) is 4.74 Å². The largest absolute Gasteiger partial charge is 0.468 e. The lowest BCUT2D eigenvalue weighted by atomic mass is 10.2. The third-order valence-electron chi connectivity index (χ3n) is 1.86. The van der Waals surface area contributed by atoms with Gasteiger partial charge in [0.25, 0.3) is 5.96 Å². The predicted octanol–water partition coefficient (Wildman–Crippen LogP) is -0.924. The summed E-state index contributed by atoms with van der Waals surface area (Å²) in [6.45, 7) is -0.0764. The van der Waals surface area contributed by atoms with Gasteiger partial charge in [-0.3, -0.25) is 10.2 Å². The molecular weight excluding hydrogens is 254 g/mol. The maximum atomic E-state index is 10.9. The molecule has 0 fully saturated rings. The first-order chi connectivity index (χ1) is 7.40. The lowest BCUT2D eigenvalue weighted by Gasteiger charge is -2.13. The van der Waals surface area contributed by atoms with E-state index in [9.17, 15) is 14.9 Å². The zero-order valence-electron chi connectivity index (χ0n) is 9.29. The average molecular weight is 270 g/mol. The van der Waals surface area contributed by atoms with Crippen molar-refractivity contribution in [2.75, 3.05) is 13.7 Å². The predicted molar refractivity (Wildman–Crippen MR) is 62.1 cm³/mol. The van der Waals surface area contributed by atoms with E-state index >= 15 is 0 Å². The molecule has 0 aromatic rings. The molecule has 0 bridgehead atoms. The summed E-state index contributed by atoms with van der Waals surface area (Å²) >= 11 is 0. The van der Waals surface area contributed by atoms with Crippen molar-refractivity contribution >= 4 is 24.3 Å². The first-order valence-electron chi connectivity index (χ1n) is 4.49. The standard InChI is InChI=1S/C7H15N5O4.ClH/c1-16-6(13)5(8)3-2-4-11(7(9)10)12(14)15;/h5H,2-4,8H2,1H3,(H3,9,10);1H/t5-;/m0./s1. The van der Waals surface area contributed by atoms with Gasteiger partial charge < -0.3 is 16.2 Å². The van der Waals surface area contributed by atoms with Crippen molar-refractivity contribution in [1.29, 1.82) is 5.41 Å². The van der Waals surface area contributed by atoms with Gasteiger partial charge in [0.2, 0.25) is 0 Å². The summed E-state index contributed by atoms with van der Waals surface area (Å²) in [7, 11) is 1.21. The number of rotatable bonds is 6. The molecule has 0 rings (SSSR count). The van der Waals surface area contributed by atoms with Gasteiger partial charge in [0.05, 0.1) is 13.7 Å². The highest BCUT2D eigenvalue weighted by Crippen LogP contribution is 1.99. The summed E-state index contributed by atoms with van der Waals surface area (Å²) in [4.78, 5) is 21.3. The van der Waals surface area contributed by atoms with Crippen LogP contribution >= 0.6 is 12.4 Å². The highest BCUT2D eigenvalue weighted by Gasteiger charge is 2.19. The van der Waals surface area contributed by atoms with E-state index in [1.54, 1.807) is 0 Å². The molecule has 9 nitrogen and oxygen atoms in total. The van der Waals surface area contributed by atoms with Crippen LogP contribution in [0.2, 0.25) is 0 Å². The Balaban J connectivity index is 0. The zero-order valence-corrected chi connectivity index (χ0v) is 10.1. The molecule has 17 heavy (non-hydrogen) atoms. The molecule has 0 spiro atoms. The topological polar surface area (TPSA) is 149 Å². The molecule has 0 aromatic carbocycles. The zero-order chi connectivity index (χ0) is 12.7. The molecule has 0 aliphatic heterocycles. The van der Waals surface area contributed by atoms with Gasteiger partial charge in [-0.05, 0) is 12.8 Å². The molecule has 0 saturated carbocycles. The van der Waals surface area contributed by atoms with Crippen LogP contribution in [0.5, 0.6) is 0 Å². The molecule has 0 aromatic heterocycles. The third kappa shape index (κ3) is 6.53. The second-order valence-corrected chi connectivity index (χ2v) is 3.02. The molecule has 5 N–H and O–H groups in total. The maximum Gasteiger partial charge on any atom is 0.322 e. The van der Waals surface area contributed by atoms with Gasteiger partial charge in [-0.2, -0.15) is 0 Å². The van der Waals surface area contributed by atoms with Crippen LogP contribution in [0.15, 0.2) is 0 Å². The number of carbonyl (C=O) groups excluding carboxylic acids is 1. The van der Waals surface area contributed by atoms with E-state index in [1.807, 2.05) is 0 Å². The molecule has 0 heterocycles. The average Bonchev–Trinajstić information content (AvgIpc) is 2.21. The quantitative estimate of drug-likeness (QED) is 0.185. The smallest absolute Gasteiger partial charge is 0.322 e. The molecule has 1 atom stereocenters. The summed E-state index contributed by atoms with van der Waals surface area (Å²) in [6, 6.07) is -0.814. The summed E-state index contributed by atoms with van der Waals surface area (Å²) in [5.41, 5.74) is 10.4. The summed E-state index contributed by atoms with van der Waals surface area (Å²) < 4.78 is 4.39. The van der Waals surface area contributed by atoms with E-state index in [0.717, 1.165) is 0 Å². The number of nitrogens with two attached hydrogens (primary N) is 2. The van der Waals surface area contributed by atoms with Gasteiger partial charge in [-0.1, -0.05) is 5.01 Å². The van der Waals surface area contributed by atoms with Crippen LogP contribution in [0.25, 0.3) is 0 Å². The van der Waals surface area contributed by atoms with Crippen molar-refractivity contribution in [3.8, 4) is 0 Å². The van der Waals surface area contributed by atoms with Gasteiger partial charge in [0.1, 0.15) is 6.04 Å². The first-order valence-corrected chi connectivity index (χ1v) is 4.49. The summed E-state index contributed by atoms with van der Waals surface area (Å²) in [5, 5.41) is 17.0. The fourth-order valence-corrected chi connectivity index (χ4v) is 1.02. The summed E-state index contributed by atoms with van der Waals surface area (Å²) in [6.07, 6.45) is 0.487. The van der Waals surface area contributed by atoms with E-state index in [1.165, 1.54) is 7.11 Å². The van der Waals surface area contributed by atoms with Crippen molar-refractivity contribution in [3.05, 3.63) is 10.1 Å². The van der Waals surface area contributed by atoms with E-state index in [0.29, 0.717) is 5.01 Å². The molecule has 10 heteroatoms. The number of carbonyl (C=O) groups is 1. The number of methoxy groups -OCH3 is 1. The normalized spacial score (nSPS) is 10.9. The van der Waals surface area contributed by atoms with Gasteiger partial charge in [-0.25, -0.2) is 10.1 Å². The van der Waals surface area contributed by atoms with Crippen LogP contribution in [0, 0.1) is 15.5 Å². The number of esters is 1. The fraction of sp³-hybridized carbons (Fsp3) is 0.714. The van der Waals surface area contributed by atoms with Gasteiger partial charge in [-0.15, -0.1) is 12.4 Å². The van der Waals surface area contributed by atoms with E-state index in [4.69, 9.17) is 16.9 Å². The van der Waals surface area contributed by atoms with Crippen LogP contribution in [-0.2, 0) is 9.53 Å².